The van der Waals surface area contributed by atoms with Gasteiger partial charge in [0.05, 0.1) is 5.75 Å². The summed E-state index contributed by atoms with van der Waals surface area (Å²) in [6, 6.07) is 2.12. The maximum atomic E-state index is 11.8. The Bertz CT molecular complexity index is 385. The van der Waals surface area contributed by atoms with Crippen LogP contribution in [0.3, 0.4) is 0 Å². The third-order valence-corrected chi connectivity index (χ3v) is 4.21. The summed E-state index contributed by atoms with van der Waals surface area (Å²) in [4.78, 5) is 20.0. The predicted octanol–water partition coefficient (Wildman–Crippen LogP) is 2.26. The molecule has 1 aromatic heterocycles. The molecule has 0 unspecified atom stereocenters. The highest BCUT2D eigenvalue weighted by atomic mass is 32.2. The van der Waals surface area contributed by atoms with Gasteiger partial charge in [-0.2, -0.15) is 0 Å². The van der Waals surface area contributed by atoms with Crippen molar-refractivity contribution in [3.63, 3.8) is 0 Å². The fourth-order valence-electron chi connectivity index (χ4n) is 2.27. The van der Waals surface area contributed by atoms with Crippen LogP contribution in [0.4, 0.5) is 0 Å². The van der Waals surface area contributed by atoms with Gasteiger partial charge in [-0.05, 0) is 24.8 Å². The third-order valence-electron chi connectivity index (χ3n) is 3.33. The van der Waals surface area contributed by atoms with Crippen molar-refractivity contribution >= 4 is 17.7 Å². The van der Waals surface area contributed by atoms with Crippen LogP contribution in [0.1, 0.15) is 32.6 Å². The van der Waals surface area contributed by atoms with Gasteiger partial charge in [0.25, 0.3) is 0 Å². The lowest BCUT2D eigenvalue weighted by molar-refractivity contribution is -0.119. The number of rotatable bonds is 4. The summed E-state index contributed by atoms with van der Waals surface area (Å²) in [5.74, 6) is 1.08. The van der Waals surface area contributed by atoms with Crippen LogP contribution in [0, 0.1) is 5.92 Å². The first-order valence-corrected chi connectivity index (χ1v) is 7.43. The van der Waals surface area contributed by atoms with Gasteiger partial charge in [-0.25, -0.2) is 9.97 Å². The van der Waals surface area contributed by atoms with Gasteiger partial charge < -0.3 is 5.32 Å². The molecule has 0 bridgehead atoms. The summed E-state index contributed by atoms with van der Waals surface area (Å²) in [6.07, 6.45) is 8.23. The summed E-state index contributed by atoms with van der Waals surface area (Å²) < 4.78 is 0. The lowest BCUT2D eigenvalue weighted by atomic mass is 9.86. The van der Waals surface area contributed by atoms with Gasteiger partial charge in [-0.1, -0.05) is 31.5 Å². The fraction of sp³-hybridized carbons (Fsp3) is 0.615. The molecule has 1 amide bonds. The molecule has 5 heteroatoms. The number of aromatic nitrogens is 2. The molecule has 1 saturated carbocycles. The van der Waals surface area contributed by atoms with Crippen LogP contribution < -0.4 is 5.32 Å². The fourth-order valence-corrected chi connectivity index (χ4v) is 2.88. The van der Waals surface area contributed by atoms with Gasteiger partial charge in [-0.3, -0.25) is 4.79 Å². The minimum Gasteiger partial charge on any atom is -0.352 e. The Morgan fingerprint density at radius 3 is 2.83 bits per heavy atom. The highest BCUT2D eigenvalue weighted by Crippen LogP contribution is 2.23. The molecule has 1 N–H and O–H groups in total. The highest BCUT2D eigenvalue weighted by molar-refractivity contribution is 7.99. The molecule has 0 aliphatic heterocycles. The Morgan fingerprint density at radius 2 is 2.11 bits per heavy atom. The van der Waals surface area contributed by atoms with Gasteiger partial charge in [0.2, 0.25) is 5.91 Å². The molecule has 0 aromatic carbocycles. The van der Waals surface area contributed by atoms with Crippen molar-refractivity contribution in [3.05, 3.63) is 18.5 Å². The first-order chi connectivity index (χ1) is 8.75. The van der Waals surface area contributed by atoms with Gasteiger partial charge in [0.15, 0.2) is 5.16 Å². The Balaban J connectivity index is 1.75. The first kappa shape index (κ1) is 13.3. The molecular formula is C13H19N3OS. The molecule has 2 rings (SSSR count). The summed E-state index contributed by atoms with van der Waals surface area (Å²) >= 11 is 1.38. The zero-order chi connectivity index (χ0) is 12.8. The van der Waals surface area contributed by atoms with Crippen molar-refractivity contribution in [1.29, 1.82) is 0 Å². The number of hydrogen-bond donors (Lipinski definition) is 1. The molecule has 1 fully saturated rings. The number of amides is 1. The molecule has 0 saturated heterocycles. The number of carbonyl (C=O) groups is 1. The predicted molar refractivity (Wildman–Crippen MR) is 72.3 cm³/mol. The normalized spacial score (nSPS) is 23.6. The summed E-state index contributed by atoms with van der Waals surface area (Å²) in [7, 11) is 0. The van der Waals surface area contributed by atoms with E-state index in [0.717, 1.165) is 6.42 Å². The standard InChI is InChI=1S/C13H19N3OS/c1-10-5-2-3-6-11(10)16-12(17)9-18-13-14-7-4-8-15-13/h4,7-8,10-11H,2-3,5-6,9H2,1H3,(H,16,17)/t10-,11+/m1/s1. The van der Waals surface area contributed by atoms with E-state index in [0.29, 0.717) is 22.9 Å². The Hall–Kier alpha value is -1.10. The summed E-state index contributed by atoms with van der Waals surface area (Å²) in [5.41, 5.74) is 0. The molecule has 1 aromatic rings. The number of thioether (sulfide) groups is 1. The monoisotopic (exact) mass is 265 g/mol. The second-order valence-electron chi connectivity index (χ2n) is 4.76. The van der Waals surface area contributed by atoms with Crippen molar-refractivity contribution in [3.8, 4) is 0 Å². The zero-order valence-corrected chi connectivity index (χ0v) is 11.4. The van der Waals surface area contributed by atoms with Crippen LogP contribution in [0.25, 0.3) is 0 Å². The quantitative estimate of drug-likeness (QED) is 0.670. The van der Waals surface area contributed by atoms with Crippen LogP contribution in [-0.4, -0.2) is 27.7 Å². The second-order valence-corrected chi connectivity index (χ2v) is 5.70. The molecule has 4 nitrogen and oxygen atoms in total. The molecule has 0 spiro atoms. The second kappa shape index (κ2) is 6.73. The summed E-state index contributed by atoms with van der Waals surface area (Å²) in [6.45, 7) is 2.22. The maximum absolute atomic E-state index is 11.8. The van der Waals surface area contributed by atoms with Gasteiger partial charge in [-0.15, -0.1) is 0 Å². The van der Waals surface area contributed by atoms with Gasteiger partial charge >= 0.3 is 0 Å². The van der Waals surface area contributed by atoms with Crippen LogP contribution in [0.5, 0.6) is 0 Å². The lowest BCUT2D eigenvalue weighted by Crippen LogP contribution is -2.41. The largest absolute Gasteiger partial charge is 0.352 e. The SMILES string of the molecule is C[C@@H]1CCCC[C@@H]1NC(=O)CSc1ncccn1. The van der Waals surface area contributed by atoms with Crippen LogP contribution in [0.15, 0.2) is 23.6 Å². The van der Waals surface area contributed by atoms with Crippen LogP contribution in [-0.2, 0) is 4.79 Å². The number of nitrogens with one attached hydrogen (secondary N) is 1. The molecule has 1 aliphatic carbocycles. The summed E-state index contributed by atoms with van der Waals surface area (Å²) in [5, 5.41) is 3.78. The molecule has 98 valence electrons. The third kappa shape index (κ3) is 3.98. The number of hydrogen-bond acceptors (Lipinski definition) is 4. The minimum atomic E-state index is 0.0891. The molecule has 18 heavy (non-hydrogen) atoms. The molecular weight excluding hydrogens is 246 g/mol. The smallest absolute Gasteiger partial charge is 0.230 e. The van der Waals surface area contributed by atoms with E-state index in [4.69, 9.17) is 0 Å². The Labute approximate surface area is 112 Å². The molecule has 1 aliphatic rings. The van der Waals surface area contributed by atoms with E-state index in [2.05, 4.69) is 22.2 Å². The van der Waals surface area contributed by atoms with Crippen LogP contribution >= 0.6 is 11.8 Å². The van der Waals surface area contributed by atoms with Crippen LogP contribution in [0.2, 0.25) is 0 Å². The van der Waals surface area contributed by atoms with E-state index in [-0.39, 0.29) is 5.91 Å². The first-order valence-electron chi connectivity index (χ1n) is 6.45. The van der Waals surface area contributed by atoms with Crippen molar-refractivity contribution < 1.29 is 4.79 Å². The topological polar surface area (TPSA) is 54.9 Å². The van der Waals surface area contributed by atoms with Gasteiger partial charge in [0.1, 0.15) is 0 Å². The number of nitrogens with zero attached hydrogens (tertiary/aromatic N) is 2. The van der Waals surface area contributed by atoms with Crippen molar-refractivity contribution in [2.45, 2.75) is 43.8 Å². The Kier molecular flexibility index (Phi) is 4.99. The Morgan fingerprint density at radius 1 is 1.39 bits per heavy atom. The lowest BCUT2D eigenvalue weighted by Gasteiger charge is -2.29. The van der Waals surface area contributed by atoms with Crippen molar-refractivity contribution in [1.82, 2.24) is 15.3 Å². The highest BCUT2D eigenvalue weighted by Gasteiger charge is 2.22. The van der Waals surface area contributed by atoms with Gasteiger partial charge in [0, 0.05) is 18.4 Å². The average Bonchev–Trinajstić information content (AvgIpc) is 2.40. The maximum Gasteiger partial charge on any atom is 0.230 e. The zero-order valence-electron chi connectivity index (χ0n) is 10.6. The van der Waals surface area contributed by atoms with Crippen molar-refractivity contribution in [2.24, 2.45) is 5.92 Å². The van der Waals surface area contributed by atoms with E-state index in [1.165, 1.54) is 31.0 Å². The molecule has 0 radical (unpaired) electrons. The molecule has 1 heterocycles. The van der Waals surface area contributed by atoms with E-state index in [1.807, 2.05) is 0 Å². The van der Waals surface area contributed by atoms with Crippen molar-refractivity contribution in [2.75, 3.05) is 5.75 Å². The molecule has 2 atom stereocenters. The number of carbonyl (C=O) groups excluding carboxylic acids is 1. The van der Waals surface area contributed by atoms with E-state index in [9.17, 15) is 4.79 Å². The van der Waals surface area contributed by atoms with E-state index < -0.39 is 0 Å². The average molecular weight is 265 g/mol. The van der Waals surface area contributed by atoms with E-state index >= 15 is 0 Å². The minimum absolute atomic E-state index is 0.0891. The van der Waals surface area contributed by atoms with E-state index in [1.54, 1.807) is 18.5 Å².